The van der Waals surface area contributed by atoms with E-state index in [2.05, 4.69) is 33.0 Å². The molecule has 1 aromatic carbocycles. The van der Waals surface area contributed by atoms with Crippen molar-refractivity contribution in [1.29, 1.82) is 0 Å². The minimum Gasteiger partial charge on any atom is -0.497 e. The number of benzene rings is 1. The summed E-state index contributed by atoms with van der Waals surface area (Å²) in [4.78, 5) is 13.5. The maximum atomic E-state index is 12.1. The molecule has 9 heteroatoms. The molecule has 0 aliphatic heterocycles. The first-order chi connectivity index (χ1) is 11.1. The second-order valence-corrected chi connectivity index (χ2v) is 5.11. The average Bonchev–Trinajstić information content (AvgIpc) is 3.00. The van der Waals surface area contributed by atoms with Gasteiger partial charge in [0.05, 0.1) is 13.7 Å². The minimum absolute atomic E-state index is 0.112. The molecule has 0 atom stereocenters. The van der Waals surface area contributed by atoms with Gasteiger partial charge in [0.15, 0.2) is 5.11 Å². The van der Waals surface area contributed by atoms with Crippen molar-refractivity contribution in [3.63, 3.8) is 0 Å². The Kier molecular flexibility index (Phi) is 5.98. The average molecular weight is 334 g/mol. The van der Waals surface area contributed by atoms with Crippen molar-refractivity contribution in [2.45, 2.75) is 26.3 Å². The zero-order valence-corrected chi connectivity index (χ0v) is 13.8. The van der Waals surface area contributed by atoms with Crippen LogP contribution in [-0.2, 0) is 6.54 Å². The van der Waals surface area contributed by atoms with Gasteiger partial charge in [-0.2, -0.15) is 4.80 Å². The SMILES string of the molecule is CCCCn1nnc(NC(=S)NC(=O)c2ccc(OC)cc2)n1. The van der Waals surface area contributed by atoms with Gasteiger partial charge in [0.1, 0.15) is 5.75 Å². The monoisotopic (exact) mass is 334 g/mol. The summed E-state index contributed by atoms with van der Waals surface area (Å²) in [6, 6.07) is 6.70. The number of ether oxygens (including phenoxy) is 1. The summed E-state index contributed by atoms with van der Waals surface area (Å²) in [5, 5.41) is 17.2. The van der Waals surface area contributed by atoms with Crippen LogP contribution in [0, 0.1) is 0 Å². The topological polar surface area (TPSA) is 94.0 Å². The van der Waals surface area contributed by atoms with Gasteiger partial charge in [-0.3, -0.25) is 15.4 Å². The molecule has 0 aliphatic rings. The van der Waals surface area contributed by atoms with Crippen molar-refractivity contribution in [3.05, 3.63) is 29.8 Å². The van der Waals surface area contributed by atoms with Crippen LogP contribution in [0.2, 0.25) is 0 Å². The number of methoxy groups -OCH3 is 1. The number of nitrogens with one attached hydrogen (secondary N) is 2. The van der Waals surface area contributed by atoms with Crippen molar-refractivity contribution in [1.82, 2.24) is 25.5 Å². The molecule has 0 saturated heterocycles. The van der Waals surface area contributed by atoms with Crippen molar-refractivity contribution in [2.24, 2.45) is 0 Å². The number of hydrogen-bond acceptors (Lipinski definition) is 6. The minimum atomic E-state index is -0.330. The lowest BCUT2D eigenvalue weighted by atomic mass is 10.2. The highest BCUT2D eigenvalue weighted by Gasteiger charge is 2.10. The van der Waals surface area contributed by atoms with E-state index in [1.165, 1.54) is 4.80 Å². The standard InChI is InChI=1S/C14H18N6O2S/c1-3-4-9-20-18-13(17-19-20)16-14(23)15-12(21)10-5-7-11(22-2)8-6-10/h5-8H,3-4,9H2,1-2H3,(H2,15,16,18,21,23). The largest absolute Gasteiger partial charge is 0.497 e. The van der Waals surface area contributed by atoms with E-state index >= 15 is 0 Å². The van der Waals surface area contributed by atoms with Gasteiger partial charge < -0.3 is 4.74 Å². The van der Waals surface area contributed by atoms with Gasteiger partial charge in [0.2, 0.25) is 0 Å². The summed E-state index contributed by atoms with van der Waals surface area (Å²) in [6.07, 6.45) is 2.01. The summed E-state index contributed by atoms with van der Waals surface area (Å²) in [5.74, 6) is 0.597. The van der Waals surface area contributed by atoms with Crippen LogP contribution in [0.25, 0.3) is 0 Å². The van der Waals surface area contributed by atoms with E-state index in [0.29, 0.717) is 17.9 Å². The van der Waals surface area contributed by atoms with Gasteiger partial charge in [0, 0.05) is 5.56 Å². The molecule has 0 aliphatic carbocycles. The first kappa shape index (κ1) is 16.8. The van der Waals surface area contributed by atoms with Crippen LogP contribution < -0.4 is 15.4 Å². The van der Waals surface area contributed by atoms with Crippen LogP contribution in [0.5, 0.6) is 5.75 Å². The van der Waals surface area contributed by atoms with Gasteiger partial charge in [0.25, 0.3) is 11.9 Å². The molecule has 0 unspecified atom stereocenters. The molecule has 1 heterocycles. The summed E-state index contributed by atoms with van der Waals surface area (Å²) in [7, 11) is 1.56. The molecule has 0 radical (unpaired) electrons. The summed E-state index contributed by atoms with van der Waals surface area (Å²) in [6.45, 7) is 2.77. The second kappa shape index (κ2) is 8.18. The van der Waals surface area contributed by atoms with Gasteiger partial charge in [-0.25, -0.2) is 0 Å². The van der Waals surface area contributed by atoms with Crippen molar-refractivity contribution < 1.29 is 9.53 Å². The van der Waals surface area contributed by atoms with Crippen LogP contribution >= 0.6 is 12.2 Å². The fourth-order valence-electron chi connectivity index (χ4n) is 1.74. The lowest BCUT2D eigenvalue weighted by Gasteiger charge is -2.07. The van der Waals surface area contributed by atoms with Gasteiger partial charge >= 0.3 is 0 Å². The quantitative estimate of drug-likeness (QED) is 0.775. The Morgan fingerprint density at radius 2 is 2.09 bits per heavy atom. The smallest absolute Gasteiger partial charge is 0.269 e. The number of aromatic nitrogens is 4. The first-order valence-electron chi connectivity index (χ1n) is 7.16. The maximum Gasteiger partial charge on any atom is 0.269 e. The number of carbonyl (C=O) groups excluding carboxylic acids is 1. The van der Waals surface area contributed by atoms with Crippen LogP contribution in [0.15, 0.2) is 24.3 Å². The summed E-state index contributed by atoms with van der Waals surface area (Å²) < 4.78 is 5.04. The number of tetrazole rings is 1. The lowest BCUT2D eigenvalue weighted by molar-refractivity contribution is 0.0977. The molecule has 0 spiro atoms. The number of thiocarbonyl (C=S) groups is 1. The number of unbranched alkanes of at least 4 members (excludes halogenated alkanes) is 1. The predicted molar refractivity (Wildman–Crippen MR) is 89.4 cm³/mol. The Hall–Kier alpha value is -2.55. The third-order valence-corrected chi connectivity index (χ3v) is 3.17. The third-order valence-electron chi connectivity index (χ3n) is 2.97. The van der Waals surface area contributed by atoms with Gasteiger partial charge in [-0.1, -0.05) is 18.4 Å². The Labute approximate surface area is 139 Å². The van der Waals surface area contributed by atoms with E-state index in [-0.39, 0.29) is 17.0 Å². The molecule has 1 amide bonds. The zero-order valence-electron chi connectivity index (χ0n) is 12.9. The van der Waals surface area contributed by atoms with E-state index in [1.807, 2.05) is 0 Å². The van der Waals surface area contributed by atoms with Crippen LogP contribution in [0.1, 0.15) is 30.1 Å². The second-order valence-electron chi connectivity index (χ2n) is 4.70. The molecule has 2 aromatic rings. The Morgan fingerprint density at radius 1 is 1.35 bits per heavy atom. The summed E-state index contributed by atoms with van der Waals surface area (Å²) >= 11 is 5.07. The fourth-order valence-corrected chi connectivity index (χ4v) is 1.92. The Morgan fingerprint density at radius 3 is 2.74 bits per heavy atom. The van der Waals surface area contributed by atoms with E-state index in [9.17, 15) is 4.79 Å². The normalized spacial score (nSPS) is 10.2. The van der Waals surface area contributed by atoms with E-state index in [1.54, 1.807) is 31.4 Å². The number of hydrogen-bond donors (Lipinski definition) is 2. The zero-order chi connectivity index (χ0) is 16.7. The third kappa shape index (κ3) is 4.99. The molecule has 2 rings (SSSR count). The highest BCUT2D eigenvalue weighted by Crippen LogP contribution is 2.11. The molecule has 1 aromatic heterocycles. The first-order valence-corrected chi connectivity index (χ1v) is 7.57. The van der Waals surface area contributed by atoms with Crippen molar-refractivity contribution >= 4 is 29.2 Å². The predicted octanol–water partition coefficient (Wildman–Crippen LogP) is 1.61. The van der Waals surface area contributed by atoms with Gasteiger partial charge in [-0.15, -0.1) is 5.10 Å². The Balaban J connectivity index is 1.88. The number of aryl methyl sites for hydroxylation is 1. The number of rotatable bonds is 6. The molecular formula is C14H18N6O2S. The van der Waals surface area contributed by atoms with E-state index in [0.717, 1.165) is 12.8 Å². The van der Waals surface area contributed by atoms with Crippen molar-refractivity contribution in [2.75, 3.05) is 12.4 Å². The molecule has 0 saturated carbocycles. The van der Waals surface area contributed by atoms with E-state index < -0.39 is 0 Å². The van der Waals surface area contributed by atoms with E-state index in [4.69, 9.17) is 17.0 Å². The van der Waals surface area contributed by atoms with Gasteiger partial charge in [-0.05, 0) is 48.1 Å². The number of amides is 1. The molecule has 8 nitrogen and oxygen atoms in total. The molecule has 23 heavy (non-hydrogen) atoms. The summed E-state index contributed by atoms with van der Waals surface area (Å²) in [5.41, 5.74) is 0.467. The maximum absolute atomic E-state index is 12.1. The highest BCUT2D eigenvalue weighted by atomic mass is 32.1. The van der Waals surface area contributed by atoms with Crippen molar-refractivity contribution in [3.8, 4) is 5.75 Å². The number of carbonyl (C=O) groups is 1. The van der Waals surface area contributed by atoms with Crippen LogP contribution in [0.4, 0.5) is 5.95 Å². The number of anilines is 1. The van der Waals surface area contributed by atoms with Crippen LogP contribution in [0.3, 0.4) is 0 Å². The molecule has 0 bridgehead atoms. The highest BCUT2D eigenvalue weighted by molar-refractivity contribution is 7.80. The molecule has 122 valence electrons. The molecular weight excluding hydrogens is 316 g/mol. The lowest BCUT2D eigenvalue weighted by Crippen LogP contribution is -2.34. The molecule has 0 fully saturated rings. The molecule has 2 N–H and O–H groups in total. The number of nitrogens with zero attached hydrogens (tertiary/aromatic N) is 4. The van der Waals surface area contributed by atoms with Crippen LogP contribution in [-0.4, -0.2) is 38.3 Å². The Bertz CT molecular complexity index is 670. The fraction of sp³-hybridized carbons (Fsp3) is 0.357.